The molecule has 0 aromatic carbocycles. The zero-order chi connectivity index (χ0) is 14.7. The van der Waals surface area contributed by atoms with Crippen molar-refractivity contribution >= 4 is 5.69 Å². The summed E-state index contributed by atoms with van der Waals surface area (Å²) in [6, 6.07) is 0. The van der Waals surface area contributed by atoms with E-state index in [1.807, 2.05) is 6.92 Å². The third-order valence-corrected chi connectivity index (χ3v) is 3.17. The molecule has 0 amide bonds. The maximum absolute atomic E-state index is 13.4. The predicted octanol–water partition coefficient (Wildman–Crippen LogP) is 1.77. The smallest absolute Gasteiger partial charge is 0.253 e. The van der Waals surface area contributed by atoms with Gasteiger partial charge in [-0.2, -0.15) is 22.5 Å². The third kappa shape index (κ3) is 3.18. The van der Waals surface area contributed by atoms with E-state index >= 15 is 0 Å². The Labute approximate surface area is 113 Å². The molecule has 1 aromatic rings. The molecule has 2 heterocycles. The van der Waals surface area contributed by atoms with Gasteiger partial charge in [0.1, 0.15) is 5.69 Å². The Morgan fingerprint density at radius 1 is 1.25 bits per heavy atom. The summed E-state index contributed by atoms with van der Waals surface area (Å²) in [4.78, 5) is 4.60. The Hall–Kier alpha value is -1.41. The number of hydrogen-bond acceptors (Lipinski definition) is 4. The highest BCUT2D eigenvalue weighted by Gasteiger charge is 2.23. The first-order chi connectivity index (χ1) is 9.52. The van der Waals surface area contributed by atoms with E-state index in [2.05, 4.69) is 15.2 Å². The maximum Gasteiger partial charge on any atom is 0.253 e. The summed E-state index contributed by atoms with van der Waals surface area (Å²) in [6.45, 7) is 4.75. The molecule has 0 saturated carbocycles. The molecule has 0 bridgehead atoms. The molecule has 1 aromatic heterocycles. The van der Waals surface area contributed by atoms with Crippen LogP contribution < -0.4 is 5.32 Å². The first-order valence-corrected chi connectivity index (χ1v) is 6.30. The summed E-state index contributed by atoms with van der Waals surface area (Å²) >= 11 is 0. The van der Waals surface area contributed by atoms with E-state index in [1.54, 1.807) is 0 Å². The maximum atomic E-state index is 13.4. The molecule has 1 unspecified atom stereocenters. The average Bonchev–Trinajstić information content (AvgIpc) is 2.45. The first kappa shape index (κ1) is 15.0. The summed E-state index contributed by atoms with van der Waals surface area (Å²) in [7, 11) is 0. The fraction of sp³-hybridized carbons (Fsp3) is 0.583. The van der Waals surface area contributed by atoms with Crippen LogP contribution in [0.4, 0.5) is 23.2 Å². The Kier molecular flexibility index (Phi) is 4.77. The van der Waals surface area contributed by atoms with E-state index in [4.69, 9.17) is 4.74 Å². The van der Waals surface area contributed by atoms with Crippen LogP contribution in [0.5, 0.6) is 0 Å². The van der Waals surface area contributed by atoms with Gasteiger partial charge in [0.2, 0.25) is 11.6 Å². The summed E-state index contributed by atoms with van der Waals surface area (Å²) in [5, 5.41) is 2.36. The second-order valence-electron chi connectivity index (χ2n) is 4.46. The quantitative estimate of drug-likeness (QED) is 0.678. The van der Waals surface area contributed by atoms with Crippen molar-refractivity contribution < 1.29 is 22.3 Å². The number of likely N-dealkylation sites (N-methyl/N-ethyl adjacent to an activating group) is 1. The largest absolute Gasteiger partial charge is 0.377 e. The van der Waals surface area contributed by atoms with Crippen molar-refractivity contribution in [3.05, 3.63) is 23.5 Å². The molecular weight excluding hydrogens is 278 g/mol. The SMILES string of the molecule is CCN1CCOC(CNc2c(F)c(F)nc(F)c2F)C1. The van der Waals surface area contributed by atoms with Crippen LogP contribution in [0.15, 0.2) is 0 Å². The van der Waals surface area contributed by atoms with Crippen LogP contribution in [0.2, 0.25) is 0 Å². The fourth-order valence-electron chi connectivity index (χ4n) is 2.05. The van der Waals surface area contributed by atoms with E-state index in [0.29, 0.717) is 13.2 Å². The Morgan fingerprint density at radius 2 is 1.90 bits per heavy atom. The van der Waals surface area contributed by atoms with Gasteiger partial charge >= 0.3 is 0 Å². The highest BCUT2D eigenvalue weighted by molar-refractivity contribution is 5.45. The van der Waals surface area contributed by atoms with Crippen LogP contribution in [0.3, 0.4) is 0 Å². The molecule has 8 heteroatoms. The summed E-state index contributed by atoms with van der Waals surface area (Å²) in [5.41, 5.74) is -0.854. The minimum atomic E-state index is -1.67. The molecule has 2 rings (SSSR count). The Balaban J connectivity index is 2.04. The number of rotatable bonds is 4. The number of morpholine rings is 1. The summed E-state index contributed by atoms with van der Waals surface area (Å²) in [6.07, 6.45) is -0.304. The molecule has 20 heavy (non-hydrogen) atoms. The molecule has 1 N–H and O–H groups in total. The lowest BCUT2D eigenvalue weighted by atomic mass is 10.2. The van der Waals surface area contributed by atoms with Crippen LogP contribution in [0, 0.1) is 23.5 Å². The van der Waals surface area contributed by atoms with Gasteiger partial charge in [-0.05, 0) is 6.54 Å². The van der Waals surface area contributed by atoms with Crippen molar-refractivity contribution in [3.63, 3.8) is 0 Å². The van der Waals surface area contributed by atoms with Gasteiger partial charge in [0, 0.05) is 19.6 Å². The Morgan fingerprint density at radius 3 is 2.50 bits per heavy atom. The van der Waals surface area contributed by atoms with E-state index in [-0.39, 0.29) is 12.6 Å². The van der Waals surface area contributed by atoms with Crippen molar-refractivity contribution in [2.24, 2.45) is 0 Å². The van der Waals surface area contributed by atoms with Crippen molar-refractivity contribution in [2.45, 2.75) is 13.0 Å². The lowest BCUT2D eigenvalue weighted by molar-refractivity contribution is -0.0192. The zero-order valence-electron chi connectivity index (χ0n) is 10.9. The van der Waals surface area contributed by atoms with Gasteiger partial charge in [-0.3, -0.25) is 4.90 Å². The highest BCUT2D eigenvalue weighted by Crippen LogP contribution is 2.22. The normalized spacial score (nSPS) is 20.1. The van der Waals surface area contributed by atoms with Gasteiger partial charge in [0.25, 0.3) is 11.9 Å². The van der Waals surface area contributed by atoms with E-state index in [9.17, 15) is 17.6 Å². The molecule has 1 aliphatic rings. The van der Waals surface area contributed by atoms with Gasteiger partial charge in [-0.25, -0.2) is 0 Å². The van der Waals surface area contributed by atoms with E-state index in [1.165, 1.54) is 0 Å². The van der Waals surface area contributed by atoms with Crippen molar-refractivity contribution in [3.8, 4) is 0 Å². The number of anilines is 1. The number of aromatic nitrogens is 1. The highest BCUT2D eigenvalue weighted by atomic mass is 19.2. The molecule has 112 valence electrons. The topological polar surface area (TPSA) is 37.4 Å². The molecule has 1 atom stereocenters. The number of hydrogen-bond donors (Lipinski definition) is 1. The van der Waals surface area contributed by atoms with Gasteiger partial charge in [0.15, 0.2) is 0 Å². The van der Waals surface area contributed by atoms with Crippen LogP contribution >= 0.6 is 0 Å². The number of nitrogens with zero attached hydrogens (tertiary/aromatic N) is 2. The molecule has 0 radical (unpaired) electrons. The van der Waals surface area contributed by atoms with Crippen molar-refractivity contribution in [2.75, 3.05) is 38.1 Å². The third-order valence-electron chi connectivity index (χ3n) is 3.17. The first-order valence-electron chi connectivity index (χ1n) is 6.30. The van der Waals surface area contributed by atoms with Crippen molar-refractivity contribution in [1.29, 1.82) is 0 Å². The molecule has 4 nitrogen and oxygen atoms in total. The van der Waals surface area contributed by atoms with Gasteiger partial charge in [-0.15, -0.1) is 0 Å². The average molecular weight is 293 g/mol. The number of pyridine rings is 1. The summed E-state index contributed by atoms with van der Waals surface area (Å²) in [5.74, 6) is -6.42. The summed E-state index contributed by atoms with van der Waals surface area (Å²) < 4.78 is 58.0. The van der Waals surface area contributed by atoms with Crippen LogP contribution in [0.25, 0.3) is 0 Å². The van der Waals surface area contributed by atoms with Crippen LogP contribution in [-0.4, -0.2) is 48.8 Å². The molecule has 1 aliphatic heterocycles. The molecular formula is C12H15F4N3O. The van der Waals surface area contributed by atoms with Gasteiger partial charge in [-0.1, -0.05) is 6.92 Å². The molecule has 1 fully saturated rings. The number of ether oxygens (including phenoxy) is 1. The molecule has 0 spiro atoms. The molecule has 1 saturated heterocycles. The van der Waals surface area contributed by atoms with Crippen LogP contribution in [-0.2, 0) is 4.74 Å². The monoisotopic (exact) mass is 293 g/mol. The van der Waals surface area contributed by atoms with Gasteiger partial charge in [0.05, 0.1) is 12.7 Å². The van der Waals surface area contributed by atoms with E-state index < -0.39 is 29.2 Å². The lowest BCUT2D eigenvalue weighted by Crippen LogP contribution is -2.45. The second kappa shape index (κ2) is 6.36. The standard InChI is InChI=1S/C12H15F4N3O/c1-2-19-3-4-20-7(6-19)5-17-10-8(13)11(15)18-12(16)9(10)14/h7H,2-6H2,1H3,(H,17,18). The van der Waals surface area contributed by atoms with E-state index in [0.717, 1.165) is 13.1 Å². The number of nitrogens with one attached hydrogen (secondary N) is 1. The minimum Gasteiger partial charge on any atom is -0.377 e. The second-order valence-corrected chi connectivity index (χ2v) is 4.46. The van der Waals surface area contributed by atoms with Crippen molar-refractivity contribution in [1.82, 2.24) is 9.88 Å². The minimum absolute atomic E-state index is 0.0488. The van der Waals surface area contributed by atoms with Crippen LogP contribution in [0.1, 0.15) is 6.92 Å². The van der Waals surface area contributed by atoms with Gasteiger partial charge < -0.3 is 10.1 Å². The zero-order valence-corrected chi connectivity index (χ0v) is 10.9. The lowest BCUT2D eigenvalue weighted by Gasteiger charge is -2.32. The number of halogens is 4. The predicted molar refractivity (Wildman–Crippen MR) is 64.4 cm³/mol. The fourth-order valence-corrected chi connectivity index (χ4v) is 2.05. The molecule has 0 aliphatic carbocycles. The Bertz CT molecular complexity index is 460.